The molecular weight excluding hydrogens is 609 g/mol. The van der Waals surface area contributed by atoms with Crippen molar-refractivity contribution in [1.29, 1.82) is 0 Å². The fourth-order valence-electron chi connectivity index (χ4n) is 8.70. The summed E-state index contributed by atoms with van der Waals surface area (Å²) < 4.78 is 4.89. The molecule has 4 heterocycles. The van der Waals surface area contributed by atoms with Crippen LogP contribution in [0.2, 0.25) is 0 Å². The van der Waals surface area contributed by atoms with E-state index in [2.05, 4.69) is 167 Å². The normalized spacial score (nSPS) is 12.4. The van der Waals surface area contributed by atoms with Crippen LogP contribution in [0.5, 0.6) is 0 Å². The summed E-state index contributed by atoms with van der Waals surface area (Å²) in [5.41, 5.74) is 7.96. The van der Waals surface area contributed by atoms with Crippen LogP contribution in [0.4, 0.5) is 0 Å². The van der Waals surface area contributed by atoms with E-state index < -0.39 is 0 Å². The third-order valence-corrected chi connectivity index (χ3v) is 10.8. The highest BCUT2D eigenvalue weighted by molar-refractivity contribution is 6.36. The third kappa shape index (κ3) is 3.30. The van der Waals surface area contributed by atoms with E-state index in [4.69, 9.17) is 9.97 Å². The summed E-state index contributed by atoms with van der Waals surface area (Å²) in [6.45, 7) is 0. The Bertz CT molecular complexity index is 3380. The van der Waals surface area contributed by atoms with Crippen molar-refractivity contribution in [3.8, 4) is 17.2 Å². The maximum Gasteiger partial charge on any atom is 0.162 e. The monoisotopic (exact) mass is 634 g/mol. The predicted molar refractivity (Wildman–Crippen MR) is 209 cm³/mol. The quantitative estimate of drug-likeness (QED) is 0.190. The fourth-order valence-corrected chi connectivity index (χ4v) is 8.70. The minimum absolute atomic E-state index is 0.723. The summed E-state index contributed by atoms with van der Waals surface area (Å²) >= 11 is 0. The van der Waals surface area contributed by atoms with Crippen molar-refractivity contribution in [2.75, 3.05) is 0 Å². The number of aromatic nitrogens is 4. The summed E-state index contributed by atoms with van der Waals surface area (Å²) in [6, 6.07) is 56.8. The van der Waals surface area contributed by atoms with Crippen molar-refractivity contribution in [2.24, 2.45) is 0 Å². The van der Waals surface area contributed by atoms with Crippen LogP contribution in [0, 0.1) is 0 Å². The second kappa shape index (κ2) is 9.43. The van der Waals surface area contributed by atoms with Gasteiger partial charge in [-0.1, -0.05) is 115 Å². The summed E-state index contributed by atoms with van der Waals surface area (Å²) in [5, 5.41) is 13.4. The molecule has 4 nitrogen and oxygen atoms in total. The van der Waals surface area contributed by atoms with Crippen LogP contribution >= 0.6 is 0 Å². The summed E-state index contributed by atoms with van der Waals surface area (Å²) in [7, 11) is 0. The van der Waals surface area contributed by atoms with Crippen molar-refractivity contribution in [3.63, 3.8) is 0 Å². The Hall–Kier alpha value is -6.78. The highest BCUT2D eigenvalue weighted by Gasteiger charge is 2.25. The number of hydrogen-bond acceptors (Lipinski definition) is 2. The molecule has 0 saturated carbocycles. The van der Waals surface area contributed by atoms with Crippen molar-refractivity contribution < 1.29 is 0 Å². The number of para-hydroxylation sites is 3. The van der Waals surface area contributed by atoms with Crippen molar-refractivity contribution >= 4 is 92.3 Å². The zero-order valence-corrected chi connectivity index (χ0v) is 26.8. The van der Waals surface area contributed by atoms with Gasteiger partial charge in [0.2, 0.25) is 0 Å². The molecule has 0 aliphatic heterocycles. The second-order valence-electron chi connectivity index (χ2n) is 13.4. The molecule has 0 aliphatic carbocycles. The van der Waals surface area contributed by atoms with E-state index in [1.807, 2.05) is 0 Å². The summed E-state index contributed by atoms with van der Waals surface area (Å²) in [5.74, 6) is 1.61. The van der Waals surface area contributed by atoms with Gasteiger partial charge in [-0.3, -0.25) is 4.57 Å². The molecule has 0 amide bonds. The standard InChI is InChI=1S/C46H26N4/c1-2-14-29-25-40-36(24-28(29)13-1)43-42-34-19-7-10-23-39(34)50(41(42)26-35-31-17-6-9-22-38(31)49(40)44(35)43)46-33-18-5-8-21-37(33)47-45(48-46)32-20-11-15-27-12-3-4-16-30(27)32/h1-26H. The molecule has 0 bridgehead atoms. The Morgan fingerprint density at radius 1 is 0.380 bits per heavy atom. The Morgan fingerprint density at radius 3 is 1.90 bits per heavy atom. The number of benzene rings is 8. The van der Waals surface area contributed by atoms with Crippen molar-refractivity contribution in [2.45, 2.75) is 0 Å². The molecule has 0 saturated heterocycles. The highest BCUT2D eigenvalue weighted by Crippen LogP contribution is 2.47. The van der Waals surface area contributed by atoms with Gasteiger partial charge in [-0.05, 0) is 64.0 Å². The topological polar surface area (TPSA) is 35.1 Å². The maximum absolute atomic E-state index is 5.49. The highest BCUT2D eigenvalue weighted by atomic mass is 15.1. The number of nitrogens with zero attached hydrogens (tertiary/aromatic N) is 4. The van der Waals surface area contributed by atoms with Gasteiger partial charge in [0.05, 0.1) is 33.1 Å². The first kappa shape index (κ1) is 26.2. The molecule has 230 valence electrons. The van der Waals surface area contributed by atoms with Gasteiger partial charge >= 0.3 is 0 Å². The molecule has 50 heavy (non-hydrogen) atoms. The van der Waals surface area contributed by atoms with Gasteiger partial charge in [-0.15, -0.1) is 0 Å². The second-order valence-corrected chi connectivity index (χ2v) is 13.4. The van der Waals surface area contributed by atoms with E-state index >= 15 is 0 Å². The first-order valence-corrected chi connectivity index (χ1v) is 17.1. The minimum atomic E-state index is 0.723. The van der Waals surface area contributed by atoms with Crippen LogP contribution < -0.4 is 0 Å². The zero-order valence-electron chi connectivity index (χ0n) is 26.8. The van der Waals surface area contributed by atoms with Crippen LogP contribution in [0.3, 0.4) is 0 Å². The van der Waals surface area contributed by atoms with E-state index in [9.17, 15) is 0 Å². The van der Waals surface area contributed by atoms with Crippen molar-refractivity contribution in [3.05, 3.63) is 158 Å². The van der Waals surface area contributed by atoms with E-state index in [0.29, 0.717) is 0 Å². The molecule has 0 aliphatic rings. The Balaban J connectivity index is 1.31. The summed E-state index contributed by atoms with van der Waals surface area (Å²) in [4.78, 5) is 10.7. The van der Waals surface area contributed by atoms with Gasteiger partial charge in [0, 0.05) is 43.3 Å². The van der Waals surface area contributed by atoms with E-state index in [1.54, 1.807) is 0 Å². The molecule has 4 aromatic heterocycles. The Labute approximate surface area is 285 Å². The molecular formula is C46H26N4. The van der Waals surface area contributed by atoms with Crippen LogP contribution in [0.15, 0.2) is 158 Å². The van der Waals surface area contributed by atoms with Crippen molar-refractivity contribution in [1.82, 2.24) is 18.9 Å². The van der Waals surface area contributed by atoms with E-state index in [-0.39, 0.29) is 0 Å². The van der Waals surface area contributed by atoms with E-state index in [1.165, 1.54) is 65.0 Å². The van der Waals surface area contributed by atoms with Gasteiger partial charge in [0.25, 0.3) is 0 Å². The molecule has 0 N–H and O–H groups in total. The Morgan fingerprint density at radius 2 is 1.04 bits per heavy atom. The third-order valence-electron chi connectivity index (χ3n) is 10.8. The predicted octanol–water partition coefficient (Wildman–Crippen LogP) is 11.9. The SMILES string of the molecule is c1ccc2cc3c(cc2c1)c1c2c4ccccc4n(-c4nc(-c5cccc6ccccc56)nc5ccccc45)c2cc2c4ccccc4n3c21. The zero-order chi connectivity index (χ0) is 32.5. The smallest absolute Gasteiger partial charge is 0.162 e. The van der Waals surface area contributed by atoms with Crippen LogP contribution in [-0.2, 0) is 0 Å². The average molecular weight is 635 g/mol. The van der Waals surface area contributed by atoms with Crippen LogP contribution in [0.1, 0.15) is 0 Å². The molecule has 12 aromatic rings. The number of hydrogen-bond donors (Lipinski definition) is 0. The molecule has 12 rings (SSSR count). The minimum Gasteiger partial charge on any atom is -0.308 e. The van der Waals surface area contributed by atoms with Gasteiger partial charge in [0.15, 0.2) is 5.82 Å². The molecule has 0 fully saturated rings. The first-order chi connectivity index (χ1) is 24.8. The maximum atomic E-state index is 5.49. The van der Waals surface area contributed by atoms with Crippen LogP contribution in [0.25, 0.3) is 110 Å². The fraction of sp³-hybridized carbons (Fsp3) is 0. The van der Waals surface area contributed by atoms with Gasteiger partial charge in [0.1, 0.15) is 5.82 Å². The molecule has 4 heteroatoms. The lowest BCUT2D eigenvalue weighted by Gasteiger charge is -2.13. The van der Waals surface area contributed by atoms with Gasteiger partial charge in [-0.2, -0.15) is 0 Å². The number of rotatable bonds is 2. The lowest BCUT2D eigenvalue weighted by molar-refractivity contribution is 1.08. The molecule has 8 aromatic carbocycles. The molecule has 0 spiro atoms. The lowest BCUT2D eigenvalue weighted by Crippen LogP contribution is -2.03. The van der Waals surface area contributed by atoms with Gasteiger partial charge < -0.3 is 4.40 Å². The summed E-state index contributed by atoms with van der Waals surface area (Å²) in [6.07, 6.45) is 0. The van der Waals surface area contributed by atoms with Crippen LogP contribution in [-0.4, -0.2) is 18.9 Å². The Kier molecular flexibility index (Phi) is 4.94. The largest absolute Gasteiger partial charge is 0.308 e. The molecule has 0 unspecified atom stereocenters. The number of fused-ring (bicyclic) bond motifs is 13. The average Bonchev–Trinajstić information content (AvgIpc) is 3.80. The lowest BCUT2D eigenvalue weighted by atomic mass is 10.0. The molecule has 0 radical (unpaired) electrons. The molecule has 0 atom stereocenters. The van der Waals surface area contributed by atoms with Gasteiger partial charge in [-0.25, -0.2) is 9.97 Å². The first-order valence-electron chi connectivity index (χ1n) is 17.1. The van der Waals surface area contributed by atoms with E-state index in [0.717, 1.165) is 44.5 Å².